The van der Waals surface area contributed by atoms with Crippen molar-refractivity contribution in [1.29, 1.82) is 0 Å². The van der Waals surface area contributed by atoms with E-state index in [0.29, 0.717) is 5.92 Å². The molecular weight excluding hydrogens is 250 g/mol. The molecule has 1 atom stereocenters. The second-order valence-corrected chi connectivity index (χ2v) is 5.19. The van der Waals surface area contributed by atoms with Gasteiger partial charge >= 0.3 is 4.87 Å². The number of thiazole rings is 1. The molecule has 0 radical (unpaired) electrons. The van der Waals surface area contributed by atoms with Crippen molar-refractivity contribution in [1.82, 2.24) is 4.57 Å². The van der Waals surface area contributed by atoms with E-state index in [2.05, 4.69) is 22.9 Å². The van der Waals surface area contributed by atoms with Crippen LogP contribution in [0.4, 0.5) is 0 Å². The predicted molar refractivity (Wildman–Crippen MR) is 61.0 cm³/mol. The number of rotatable bonds is 3. The number of alkyl halides is 1. The van der Waals surface area contributed by atoms with E-state index >= 15 is 0 Å². The molecule has 1 unspecified atom stereocenters. The van der Waals surface area contributed by atoms with Crippen molar-refractivity contribution in [3.8, 4) is 0 Å². The number of hydrogen-bond donors (Lipinski definition) is 0. The fourth-order valence-corrected chi connectivity index (χ4v) is 2.21. The Labute approximate surface area is 90.7 Å². The number of halogens is 1. The average Bonchev–Trinajstić information content (AvgIpc) is 2.32. The lowest BCUT2D eigenvalue weighted by Crippen LogP contribution is -2.19. The van der Waals surface area contributed by atoms with Crippen molar-refractivity contribution in [2.75, 3.05) is 5.33 Å². The topological polar surface area (TPSA) is 22.0 Å². The third-order valence-electron chi connectivity index (χ3n) is 2.13. The SMILES string of the molecule is Cc1sc(=O)n(CC(C)CBr)c1C. The lowest BCUT2D eigenvalue weighted by Gasteiger charge is -2.09. The van der Waals surface area contributed by atoms with E-state index in [9.17, 15) is 4.79 Å². The number of nitrogens with zero attached hydrogens (tertiary/aromatic N) is 1. The molecule has 1 heterocycles. The predicted octanol–water partition coefficient (Wildman–Crippen LogP) is 2.56. The van der Waals surface area contributed by atoms with E-state index in [-0.39, 0.29) is 4.87 Å². The lowest BCUT2D eigenvalue weighted by molar-refractivity contribution is 0.518. The molecule has 0 fully saturated rings. The minimum Gasteiger partial charge on any atom is -0.303 e. The van der Waals surface area contributed by atoms with Gasteiger partial charge in [0.05, 0.1) is 0 Å². The Bertz CT molecular complexity index is 342. The molecule has 0 bridgehead atoms. The van der Waals surface area contributed by atoms with E-state index in [1.807, 2.05) is 18.4 Å². The highest BCUT2D eigenvalue weighted by molar-refractivity contribution is 9.09. The summed E-state index contributed by atoms with van der Waals surface area (Å²) < 4.78 is 1.87. The van der Waals surface area contributed by atoms with Crippen molar-refractivity contribution in [2.45, 2.75) is 27.3 Å². The number of aromatic nitrogens is 1. The van der Waals surface area contributed by atoms with Crippen LogP contribution in [0.5, 0.6) is 0 Å². The van der Waals surface area contributed by atoms with Gasteiger partial charge in [0, 0.05) is 22.4 Å². The van der Waals surface area contributed by atoms with Crippen LogP contribution in [0.15, 0.2) is 4.79 Å². The molecule has 0 aliphatic carbocycles. The largest absolute Gasteiger partial charge is 0.307 e. The highest BCUT2D eigenvalue weighted by atomic mass is 79.9. The van der Waals surface area contributed by atoms with Gasteiger partial charge in [0.25, 0.3) is 0 Å². The molecule has 0 saturated carbocycles. The zero-order valence-corrected chi connectivity index (χ0v) is 10.5. The van der Waals surface area contributed by atoms with Crippen molar-refractivity contribution >= 4 is 27.3 Å². The van der Waals surface area contributed by atoms with Gasteiger partial charge in [-0.25, -0.2) is 0 Å². The van der Waals surface area contributed by atoms with E-state index in [4.69, 9.17) is 0 Å². The van der Waals surface area contributed by atoms with Crippen LogP contribution in [0.3, 0.4) is 0 Å². The summed E-state index contributed by atoms with van der Waals surface area (Å²) in [6, 6.07) is 0. The molecule has 0 saturated heterocycles. The first-order valence-corrected chi connectivity index (χ1v) is 6.22. The van der Waals surface area contributed by atoms with Crippen LogP contribution in [0.25, 0.3) is 0 Å². The van der Waals surface area contributed by atoms with Crippen LogP contribution in [-0.4, -0.2) is 9.90 Å². The molecule has 0 aliphatic heterocycles. The number of hydrogen-bond acceptors (Lipinski definition) is 2. The molecule has 13 heavy (non-hydrogen) atoms. The van der Waals surface area contributed by atoms with Gasteiger partial charge < -0.3 is 4.57 Å². The van der Waals surface area contributed by atoms with Crippen molar-refractivity contribution < 1.29 is 0 Å². The van der Waals surface area contributed by atoms with Crippen LogP contribution in [0.1, 0.15) is 17.5 Å². The van der Waals surface area contributed by atoms with Gasteiger partial charge in [-0.2, -0.15) is 0 Å². The van der Waals surface area contributed by atoms with Crippen molar-refractivity contribution in [3.63, 3.8) is 0 Å². The molecule has 0 spiro atoms. The van der Waals surface area contributed by atoms with Gasteiger partial charge in [-0.3, -0.25) is 4.79 Å². The van der Waals surface area contributed by atoms with E-state index in [1.165, 1.54) is 11.3 Å². The fourth-order valence-electron chi connectivity index (χ4n) is 1.16. The first-order valence-electron chi connectivity index (χ1n) is 4.29. The Morgan fingerprint density at radius 3 is 2.54 bits per heavy atom. The summed E-state index contributed by atoms with van der Waals surface area (Å²) >= 11 is 4.76. The van der Waals surface area contributed by atoms with Gasteiger partial charge in [0.1, 0.15) is 0 Å². The summed E-state index contributed by atoms with van der Waals surface area (Å²) in [4.78, 5) is 12.8. The molecule has 0 N–H and O–H groups in total. The second-order valence-electron chi connectivity index (χ2n) is 3.38. The van der Waals surface area contributed by atoms with Gasteiger partial charge in [-0.05, 0) is 19.8 Å². The van der Waals surface area contributed by atoms with Crippen molar-refractivity contribution in [3.05, 3.63) is 20.2 Å². The summed E-state index contributed by atoms with van der Waals surface area (Å²) in [7, 11) is 0. The Morgan fingerprint density at radius 1 is 1.54 bits per heavy atom. The van der Waals surface area contributed by atoms with Crippen molar-refractivity contribution in [2.24, 2.45) is 5.92 Å². The molecular formula is C9H14BrNOS. The van der Waals surface area contributed by atoms with Gasteiger partial charge in [0.2, 0.25) is 0 Å². The smallest absolute Gasteiger partial charge is 0.303 e. The van der Waals surface area contributed by atoms with Crippen LogP contribution in [0.2, 0.25) is 0 Å². The molecule has 4 heteroatoms. The molecule has 1 rings (SSSR count). The molecule has 1 aromatic rings. The first kappa shape index (κ1) is 11.0. The molecule has 74 valence electrons. The van der Waals surface area contributed by atoms with Crippen LogP contribution < -0.4 is 4.87 Å². The molecule has 0 aliphatic rings. The minimum absolute atomic E-state index is 0.169. The summed E-state index contributed by atoms with van der Waals surface area (Å²) in [6.45, 7) is 6.96. The third-order valence-corrected chi connectivity index (χ3v) is 4.23. The zero-order valence-electron chi connectivity index (χ0n) is 8.13. The maximum Gasteiger partial charge on any atom is 0.307 e. The molecule has 2 nitrogen and oxygen atoms in total. The minimum atomic E-state index is 0.169. The number of aryl methyl sites for hydroxylation is 1. The van der Waals surface area contributed by atoms with Crippen LogP contribution >= 0.6 is 27.3 Å². The third kappa shape index (κ3) is 2.44. The quantitative estimate of drug-likeness (QED) is 0.769. The Balaban J connectivity index is 2.94. The summed E-state index contributed by atoms with van der Waals surface area (Å²) in [5.41, 5.74) is 1.11. The maximum atomic E-state index is 11.5. The lowest BCUT2D eigenvalue weighted by atomic mass is 10.2. The van der Waals surface area contributed by atoms with Crippen LogP contribution in [0, 0.1) is 19.8 Å². The van der Waals surface area contributed by atoms with Gasteiger partial charge in [0.15, 0.2) is 0 Å². The average molecular weight is 264 g/mol. The Kier molecular flexibility index (Phi) is 3.74. The van der Waals surface area contributed by atoms with Gasteiger partial charge in [-0.15, -0.1) is 0 Å². The van der Waals surface area contributed by atoms with E-state index < -0.39 is 0 Å². The molecule has 1 aromatic heterocycles. The van der Waals surface area contributed by atoms with Crippen LogP contribution in [-0.2, 0) is 6.54 Å². The van der Waals surface area contributed by atoms with E-state index in [1.54, 1.807) is 0 Å². The highest BCUT2D eigenvalue weighted by Crippen LogP contribution is 2.12. The molecule has 0 amide bonds. The maximum absolute atomic E-state index is 11.5. The first-order chi connectivity index (χ1) is 6.06. The summed E-state index contributed by atoms with van der Waals surface area (Å²) in [5.74, 6) is 0.505. The summed E-state index contributed by atoms with van der Waals surface area (Å²) in [5, 5.41) is 0.938. The Morgan fingerprint density at radius 2 is 2.15 bits per heavy atom. The highest BCUT2D eigenvalue weighted by Gasteiger charge is 2.09. The molecule has 0 aromatic carbocycles. The standard InChI is InChI=1S/C9H14BrNOS/c1-6(4-10)5-11-7(2)8(3)13-9(11)12/h6H,4-5H2,1-3H3. The second kappa shape index (κ2) is 4.42. The summed E-state index contributed by atoms with van der Waals surface area (Å²) in [6.07, 6.45) is 0. The van der Waals surface area contributed by atoms with Gasteiger partial charge in [-0.1, -0.05) is 34.2 Å². The van der Waals surface area contributed by atoms with E-state index in [0.717, 1.165) is 22.4 Å². The Hall–Kier alpha value is -0.0900. The fraction of sp³-hybridized carbons (Fsp3) is 0.667. The zero-order chi connectivity index (χ0) is 10.0. The normalized spacial score (nSPS) is 13.2. The monoisotopic (exact) mass is 263 g/mol.